The number of carboxylic acids is 1. The third kappa shape index (κ3) is 1.29. The molecule has 0 spiro atoms. The summed E-state index contributed by atoms with van der Waals surface area (Å²) in [5.41, 5.74) is 7.78. The van der Waals surface area contributed by atoms with E-state index in [-0.39, 0.29) is 11.6 Å². The Morgan fingerprint density at radius 2 is 2.29 bits per heavy atom. The number of benzene rings is 1. The molecule has 0 saturated carbocycles. The molecule has 2 rings (SSSR count). The van der Waals surface area contributed by atoms with Gasteiger partial charge < -0.3 is 10.8 Å². The Kier molecular flexibility index (Phi) is 2.21. The lowest BCUT2D eigenvalue weighted by Crippen LogP contribution is -2.07. The molecule has 0 radical (unpaired) electrons. The number of fused-ring (bicyclic) bond motifs is 1. The molecule has 1 aromatic carbocycles. The number of hydrogen-bond donors (Lipinski definition) is 2. The number of carboxylic acid groups (broad SMARTS) is 1. The second-order valence-electron chi connectivity index (χ2n) is 3.44. The highest BCUT2D eigenvalue weighted by atomic mass is 35.5. The molecule has 74 valence electrons. The van der Waals surface area contributed by atoms with Crippen LogP contribution in [-0.4, -0.2) is 11.1 Å². The van der Waals surface area contributed by atoms with Gasteiger partial charge >= 0.3 is 5.97 Å². The van der Waals surface area contributed by atoms with Crippen LogP contribution in [0.15, 0.2) is 12.1 Å². The van der Waals surface area contributed by atoms with Gasteiger partial charge in [0.1, 0.15) is 0 Å². The molecular weight excluding hydrogens is 202 g/mol. The van der Waals surface area contributed by atoms with Crippen molar-refractivity contribution in [3.05, 3.63) is 33.8 Å². The van der Waals surface area contributed by atoms with Crippen molar-refractivity contribution in [3.8, 4) is 0 Å². The molecule has 0 amide bonds. The molecule has 4 heteroatoms. The molecule has 3 N–H and O–H groups in total. The quantitative estimate of drug-likeness (QED) is 0.747. The third-order valence-corrected chi connectivity index (χ3v) is 2.93. The van der Waals surface area contributed by atoms with Crippen molar-refractivity contribution in [1.82, 2.24) is 0 Å². The van der Waals surface area contributed by atoms with E-state index < -0.39 is 5.97 Å². The van der Waals surface area contributed by atoms with Crippen LogP contribution in [0.3, 0.4) is 0 Å². The zero-order valence-corrected chi connectivity index (χ0v) is 8.21. The van der Waals surface area contributed by atoms with Gasteiger partial charge in [-0.1, -0.05) is 17.7 Å². The van der Waals surface area contributed by atoms with Crippen molar-refractivity contribution in [1.29, 1.82) is 0 Å². The third-order valence-electron chi connectivity index (χ3n) is 2.62. The van der Waals surface area contributed by atoms with E-state index in [1.807, 2.05) is 6.07 Å². The van der Waals surface area contributed by atoms with Gasteiger partial charge in [0.25, 0.3) is 0 Å². The minimum absolute atomic E-state index is 0.0413. The average Bonchev–Trinajstić information content (AvgIpc) is 2.47. The summed E-state index contributed by atoms with van der Waals surface area (Å²) >= 11 is 5.83. The van der Waals surface area contributed by atoms with Crippen molar-refractivity contribution in [2.75, 3.05) is 0 Å². The molecule has 1 atom stereocenters. The summed E-state index contributed by atoms with van der Waals surface area (Å²) in [6, 6.07) is 3.39. The number of carbonyl (C=O) groups is 1. The molecule has 0 bridgehead atoms. The maximum absolute atomic E-state index is 11.0. The van der Waals surface area contributed by atoms with Crippen molar-refractivity contribution < 1.29 is 9.90 Å². The number of nitrogens with two attached hydrogens (primary N) is 1. The summed E-state index contributed by atoms with van der Waals surface area (Å²) < 4.78 is 0. The lowest BCUT2D eigenvalue weighted by molar-refractivity contribution is 0.0696. The standard InChI is InChI=1S/C10H10ClNO2/c11-7-3-1-5-6(2-4-8(5)12)9(7)10(13)14/h1,3,8H,2,4,12H2,(H,13,14)/t8-/m1/s1. The molecular formula is C10H10ClNO2. The van der Waals surface area contributed by atoms with Gasteiger partial charge in [0.2, 0.25) is 0 Å². The highest BCUT2D eigenvalue weighted by molar-refractivity contribution is 6.33. The van der Waals surface area contributed by atoms with E-state index in [1.54, 1.807) is 6.07 Å². The zero-order valence-electron chi connectivity index (χ0n) is 7.46. The SMILES string of the molecule is N[C@@H]1CCc2c1ccc(Cl)c2C(=O)O. The van der Waals surface area contributed by atoms with Gasteiger partial charge in [-0.25, -0.2) is 4.79 Å². The summed E-state index contributed by atoms with van der Waals surface area (Å²) in [5.74, 6) is -0.971. The first-order valence-corrected chi connectivity index (χ1v) is 4.79. The first-order valence-electron chi connectivity index (χ1n) is 4.41. The predicted octanol–water partition coefficient (Wildman–Crippen LogP) is 1.98. The maximum Gasteiger partial charge on any atom is 0.337 e. The Bertz CT molecular complexity index is 403. The second kappa shape index (κ2) is 3.26. The van der Waals surface area contributed by atoms with Crippen molar-refractivity contribution in [2.45, 2.75) is 18.9 Å². The monoisotopic (exact) mass is 211 g/mol. The number of halogens is 1. The zero-order chi connectivity index (χ0) is 10.3. The topological polar surface area (TPSA) is 63.3 Å². The van der Waals surface area contributed by atoms with Crippen LogP contribution >= 0.6 is 11.6 Å². The van der Waals surface area contributed by atoms with Crippen molar-refractivity contribution in [2.24, 2.45) is 5.73 Å². The fraction of sp³-hybridized carbons (Fsp3) is 0.300. The molecule has 0 saturated heterocycles. The van der Waals surface area contributed by atoms with Crippen LogP contribution in [0.2, 0.25) is 5.02 Å². The van der Waals surface area contributed by atoms with E-state index in [1.165, 1.54) is 0 Å². The number of aromatic carboxylic acids is 1. The summed E-state index contributed by atoms with van der Waals surface area (Å²) in [7, 11) is 0. The van der Waals surface area contributed by atoms with Gasteiger partial charge in [-0.3, -0.25) is 0 Å². The van der Waals surface area contributed by atoms with E-state index in [0.717, 1.165) is 17.5 Å². The van der Waals surface area contributed by atoms with E-state index in [0.29, 0.717) is 11.4 Å². The predicted molar refractivity (Wildman–Crippen MR) is 53.7 cm³/mol. The minimum Gasteiger partial charge on any atom is -0.478 e. The van der Waals surface area contributed by atoms with Crippen LogP contribution in [-0.2, 0) is 6.42 Å². The first-order chi connectivity index (χ1) is 6.61. The van der Waals surface area contributed by atoms with Gasteiger partial charge in [0, 0.05) is 6.04 Å². The molecule has 1 aliphatic rings. The molecule has 0 unspecified atom stereocenters. The van der Waals surface area contributed by atoms with Gasteiger partial charge in [-0.15, -0.1) is 0 Å². The Labute approximate surface area is 86.5 Å². The van der Waals surface area contributed by atoms with E-state index in [4.69, 9.17) is 22.4 Å². The molecule has 0 heterocycles. The van der Waals surface area contributed by atoms with E-state index in [9.17, 15) is 4.79 Å². The fourth-order valence-corrected chi connectivity index (χ4v) is 2.20. The van der Waals surface area contributed by atoms with E-state index >= 15 is 0 Å². The normalized spacial score (nSPS) is 19.4. The number of rotatable bonds is 1. The van der Waals surface area contributed by atoms with Crippen LogP contribution < -0.4 is 5.73 Å². The van der Waals surface area contributed by atoms with Gasteiger partial charge in [-0.2, -0.15) is 0 Å². The van der Waals surface area contributed by atoms with Crippen molar-refractivity contribution >= 4 is 17.6 Å². The summed E-state index contributed by atoms with van der Waals surface area (Å²) in [6.45, 7) is 0. The summed E-state index contributed by atoms with van der Waals surface area (Å²) in [5, 5.41) is 9.29. The molecule has 3 nitrogen and oxygen atoms in total. The molecule has 0 aliphatic heterocycles. The smallest absolute Gasteiger partial charge is 0.337 e. The Morgan fingerprint density at radius 1 is 1.57 bits per heavy atom. The summed E-state index contributed by atoms with van der Waals surface area (Å²) in [6.07, 6.45) is 1.51. The molecule has 1 aliphatic carbocycles. The molecule has 14 heavy (non-hydrogen) atoms. The lowest BCUT2D eigenvalue weighted by atomic mass is 10.0. The van der Waals surface area contributed by atoms with Gasteiger partial charge in [-0.05, 0) is 30.0 Å². The maximum atomic E-state index is 11.0. The lowest BCUT2D eigenvalue weighted by Gasteiger charge is -2.08. The van der Waals surface area contributed by atoms with Gasteiger partial charge in [0.05, 0.1) is 10.6 Å². The van der Waals surface area contributed by atoms with Gasteiger partial charge in [0.15, 0.2) is 0 Å². The minimum atomic E-state index is -0.971. The van der Waals surface area contributed by atoms with Crippen LogP contribution in [0, 0.1) is 0 Å². The molecule has 0 fully saturated rings. The Morgan fingerprint density at radius 3 is 2.93 bits per heavy atom. The molecule has 0 aromatic heterocycles. The summed E-state index contributed by atoms with van der Waals surface area (Å²) in [4.78, 5) is 11.0. The Balaban J connectivity index is 2.65. The largest absolute Gasteiger partial charge is 0.478 e. The first kappa shape index (κ1) is 9.49. The van der Waals surface area contributed by atoms with Crippen LogP contribution in [0.1, 0.15) is 33.9 Å². The number of hydrogen-bond acceptors (Lipinski definition) is 2. The van der Waals surface area contributed by atoms with Crippen LogP contribution in [0.4, 0.5) is 0 Å². The van der Waals surface area contributed by atoms with Crippen molar-refractivity contribution in [3.63, 3.8) is 0 Å². The second-order valence-corrected chi connectivity index (χ2v) is 3.85. The van der Waals surface area contributed by atoms with E-state index in [2.05, 4.69) is 0 Å². The van der Waals surface area contributed by atoms with Crippen LogP contribution in [0.25, 0.3) is 0 Å². The molecule has 1 aromatic rings. The Hall–Kier alpha value is -1.06. The average molecular weight is 212 g/mol. The fourth-order valence-electron chi connectivity index (χ4n) is 1.94. The highest BCUT2D eigenvalue weighted by Crippen LogP contribution is 2.34. The van der Waals surface area contributed by atoms with Crippen LogP contribution in [0.5, 0.6) is 0 Å². The highest BCUT2D eigenvalue weighted by Gasteiger charge is 2.25.